The van der Waals surface area contributed by atoms with E-state index in [1.807, 2.05) is 0 Å². The van der Waals surface area contributed by atoms with Crippen molar-refractivity contribution >= 4 is 23.6 Å². The molecule has 0 spiro atoms. The van der Waals surface area contributed by atoms with Crippen LogP contribution in [0.1, 0.15) is 60.2 Å². The van der Waals surface area contributed by atoms with E-state index in [1.165, 1.54) is 0 Å². The molecule has 0 aromatic heterocycles. The van der Waals surface area contributed by atoms with Crippen LogP contribution < -0.4 is 15.4 Å². The number of carbonyl (C=O) groups excluding carboxylic acids is 4. The third kappa shape index (κ3) is 3.28. The molecule has 0 radical (unpaired) electrons. The van der Waals surface area contributed by atoms with E-state index in [2.05, 4.69) is 24.5 Å². The number of amides is 4. The van der Waals surface area contributed by atoms with Crippen molar-refractivity contribution in [3.8, 4) is 5.75 Å². The van der Waals surface area contributed by atoms with Crippen LogP contribution in [0.4, 0.5) is 0 Å². The second-order valence-electron chi connectivity index (χ2n) is 7.88. The van der Waals surface area contributed by atoms with E-state index in [9.17, 15) is 19.2 Å². The topological polar surface area (TPSA) is 105 Å². The molecule has 148 valence electrons. The van der Waals surface area contributed by atoms with Gasteiger partial charge < -0.3 is 10.1 Å². The molecule has 4 rings (SSSR count). The average molecular weight is 385 g/mol. The number of ether oxygens (including phenoxy) is 1. The Bertz CT molecular complexity index is 859. The lowest BCUT2D eigenvalue weighted by molar-refractivity contribution is -0.136. The molecule has 1 aromatic carbocycles. The van der Waals surface area contributed by atoms with E-state index in [0.717, 1.165) is 17.7 Å². The molecule has 2 heterocycles. The van der Waals surface area contributed by atoms with E-state index in [-0.39, 0.29) is 36.0 Å². The number of nitrogens with zero attached hydrogens (tertiary/aromatic N) is 1. The molecule has 8 nitrogen and oxygen atoms in total. The number of hydrogen-bond donors (Lipinski definition) is 2. The Labute approximate surface area is 162 Å². The van der Waals surface area contributed by atoms with Crippen LogP contribution in [0.3, 0.4) is 0 Å². The molecule has 4 amide bonds. The Morgan fingerprint density at radius 2 is 1.82 bits per heavy atom. The van der Waals surface area contributed by atoms with Gasteiger partial charge in [-0.15, -0.1) is 0 Å². The Balaban J connectivity index is 1.46. The van der Waals surface area contributed by atoms with Crippen LogP contribution in [-0.2, 0) is 9.59 Å². The van der Waals surface area contributed by atoms with Gasteiger partial charge in [0.05, 0.1) is 11.1 Å². The maximum absolute atomic E-state index is 12.8. The van der Waals surface area contributed by atoms with Gasteiger partial charge in [0, 0.05) is 18.5 Å². The molecule has 2 aliphatic heterocycles. The normalized spacial score (nSPS) is 27.0. The van der Waals surface area contributed by atoms with Crippen LogP contribution in [-0.4, -0.2) is 52.8 Å². The van der Waals surface area contributed by atoms with Gasteiger partial charge in [0.15, 0.2) is 0 Å². The minimum Gasteiger partial charge on any atom is -0.490 e. The summed E-state index contributed by atoms with van der Waals surface area (Å²) < 4.78 is 5.94. The lowest BCUT2D eigenvalue weighted by atomic mass is 9.88. The van der Waals surface area contributed by atoms with Crippen molar-refractivity contribution < 1.29 is 23.9 Å². The first kappa shape index (κ1) is 18.6. The number of fused-ring (bicyclic) bond motifs is 1. The molecular formula is C20H23N3O5. The highest BCUT2D eigenvalue weighted by Gasteiger charge is 2.44. The predicted octanol–water partition coefficient (Wildman–Crippen LogP) is 0.996. The summed E-state index contributed by atoms with van der Waals surface area (Å²) in [6, 6.07) is 4.73. The lowest BCUT2D eigenvalue weighted by Crippen LogP contribution is -2.54. The molecule has 2 fully saturated rings. The summed E-state index contributed by atoms with van der Waals surface area (Å²) in [5.74, 6) is -1.49. The van der Waals surface area contributed by atoms with Gasteiger partial charge in [-0.2, -0.15) is 0 Å². The van der Waals surface area contributed by atoms with Gasteiger partial charge in [0.1, 0.15) is 17.9 Å². The average Bonchev–Trinajstić information content (AvgIpc) is 2.84. The van der Waals surface area contributed by atoms with E-state index in [0.29, 0.717) is 17.8 Å². The van der Waals surface area contributed by atoms with Gasteiger partial charge in [-0.05, 0) is 37.5 Å². The summed E-state index contributed by atoms with van der Waals surface area (Å²) in [5, 5.41) is 5.64. The van der Waals surface area contributed by atoms with Crippen molar-refractivity contribution in [1.29, 1.82) is 0 Å². The van der Waals surface area contributed by atoms with Crippen LogP contribution in [0.2, 0.25) is 0 Å². The standard InChI is InChI=1S/C20H23N3O5/c1-10(2)21-11-7-13(8-11)28-12-3-4-14-15(9-12)20(27)23(19(14)26)16-5-6-17(24)22-18(16)25/h3-4,9-11,13,16,21H,5-8H2,1-2H3,(H,22,24,25). The van der Waals surface area contributed by atoms with Gasteiger partial charge in [-0.3, -0.25) is 29.4 Å². The van der Waals surface area contributed by atoms with Gasteiger partial charge in [-0.25, -0.2) is 0 Å². The molecular weight excluding hydrogens is 362 g/mol. The second-order valence-corrected chi connectivity index (χ2v) is 7.88. The molecule has 28 heavy (non-hydrogen) atoms. The molecule has 1 aliphatic carbocycles. The van der Waals surface area contributed by atoms with E-state index >= 15 is 0 Å². The Kier molecular flexibility index (Phi) is 4.66. The molecule has 1 saturated carbocycles. The molecule has 3 aliphatic rings. The smallest absolute Gasteiger partial charge is 0.262 e. The van der Waals surface area contributed by atoms with Crippen LogP contribution in [0.25, 0.3) is 0 Å². The van der Waals surface area contributed by atoms with Crippen molar-refractivity contribution in [1.82, 2.24) is 15.5 Å². The quantitative estimate of drug-likeness (QED) is 0.733. The summed E-state index contributed by atoms with van der Waals surface area (Å²) in [4.78, 5) is 49.9. The SMILES string of the molecule is CC(C)NC1CC(Oc2ccc3c(c2)C(=O)N(C2CCC(=O)NC2=O)C3=O)C1. The lowest BCUT2D eigenvalue weighted by Gasteiger charge is -2.37. The number of benzene rings is 1. The summed E-state index contributed by atoms with van der Waals surface area (Å²) in [5.41, 5.74) is 0.499. The van der Waals surface area contributed by atoms with Crippen LogP contribution in [0.15, 0.2) is 18.2 Å². The van der Waals surface area contributed by atoms with Crippen molar-refractivity contribution in [3.63, 3.8) is 0 Å². The largest absolute Gasteiger partial charge is 0.490 e. The van der Waals surface area contributed by atoms with Gasteiger partial charge >= 0.3 is 0 Å². The Morgan fingerprint density at radius 1 is 1.11 bits per heavy atom. The van der Waals surface area contributed by atoms with E-state index in [4.69, 9.17) is 4.74 Å². The zero-order valence-electron chi connectivity index (χ0n) is 15.9. The maximum Gasteiger partial charge on any atom is 0.262 e. The number of piperidine rings is 1. The van der Waals surface area contributed by atoms with Crippen molar-refractivity contribution in [2.45, 2.75) is 63.8 Å². The molecule has 0 bridgehead atoms. The predicted molar refractivity (Wildman–Crippen MR) is 98.8 cm³/mol. The first-order valence-electron chi connectivity index (χ1n) is 9.62. The maximum atomic E-state index is 12.8. The third-order valence-electron chi connectivity index (χ3n) is 5.38. The number of rotatable bonds is 5. The summed E-state index contributed by atoms with van der Waals surface area (Å²) in [6.45, 7) is 4.21. The van der Waals surface area contributed by atoms with Crippen molar-refractivity contribution in [2.75, 3.05) is 0 Å². The fourth-order valence-corrected chi connectivity index (χ4v) is 3.99. The summed E-state index contributed by atoms with van der Waals surface area (Å²) in [6.07, 6.45) is 2.11. The zero-order chi connectivity index (χ0) is 20.0. The first-order valence-corrected chi connectivity index (χ1v) is 9.62. The number of nitrogens with one attached hydrogen (secondary N) is 2. The summed E-state index contributed by atoms with van der Waals surface area (Å²) in [7, 11) is 0. The molecule has 1 unspecified atom stereocenters. The van der Waals surface area contributed by atoms with E-state index in [1.54, 1.807) is 18.2 Å². The minimum absolute atomic E-state index is 0.0766. The molecule has 1 saturated heterocycles. The van der Waals surface area contributed by atoms with Crippen LogP contribution in [0, 0.1) is 0 Å². The first-order chi connectivity index (χ1) is 13.3. The summed E-state index contributed by atoms with van der Waals surface area (Å²) >= 11 is 0. The monoisotopic (exact) mass is 385 g/mol. The fourth-order valence-electron chi connectivity index (χ4n) is 3.99. The second kappa shape index (κ2) is 7.01. The highest BCUT2D eigenvalue weighted by atomic mass is 16.5. The van der Waals surface area contributed by atoms with Gasteiger partial charge in [-0.1, -0.05) is 13.8 Å². The minimum atomic E-state index is -0.955. The van der Waals surface area contributed by atoms with Crippen molar-refractivity contribution in [2.24, 2.45) is 0 Å². The highest BCUT2D eigenvalue weighted by molar-refractivity contribution is 6.23. The number of imide groups is 2. The Morgan fingerprint density at radius 3 is 2.50 bits per heavy atom. The molecule has 2 N–H and O–H groups in total. The molecule has 1 aromatic rings. The van der Waals surface area contributed by atoms with Gasteiger partial charge in [0.25, 0.3) is 11.8 Å². The number of carbonyl (C=O) groups is 4. The van der Waals surface area contributed by atoms with Gasteiger partial charge in [0.2, 0.25) is 11.8 Å². The van der Waals surface area contributed by atoms with Crippen molar-refractivity contribution in [3.05, 3.63) is 29.3 Å². The van der Waals surface area contributed by atoms with E-state index < -0.39 is 23.8 Å². The Hall–Kier alpha value is -2.74. The van der Waals surface area contributed by atoms with Crippen LogP contribution in [0.5, 0.6) is 5.75 Å². The fraction of sp³-hybridized carbons (Fsp3) is 0.500. The molecule has 8 heteroatoms. The highest BCUT2D eigenvalue weighted by Crippen LogP contribution is 2.32. The zero-order valence-corrected chi connectivity index (χ0v) is 15.9. The number of hydrogen-bond acceptors (Lipinski definition) is 6. The third-order valence-corrected chi connectivity index (χ3v) is 5.38. The molecule has 1 atom stereocenters. The van der Waals surface area contributed by atoms with Crippen LogP contribution >= 0.6 is 0 Å².